The quantitative estimate of drug-likeness (QED) is 0.403. The van der Waals surface area contributed by atoms with Crippen molar-refractivity contribution >= 4 is 0 Å². The SMILES string of the molecule is CCCCc1ccc(-c2c(-c3ccc(OC(F)(F)F)cc3)cc(F)c(CO)c2F)cc1. The molecule has 3 aromatic carbocycles. The van der Waals surface area contributed by atoms with Crippen LogP contribution >= 0.6 is 0 Å². The van der Waals surface area contributed by atoms with Gasteiger partial charge in [0.1, 0.15) is 17.4 Å². The van der Waals surface area contributed by atoms with Crippen molar-refractivity contribution in [3.8, 4) is 28.0 Å². The number of rotatable bonds is 7. The molecule has 0 unspecified atom stereocenters. The zero-order valence-corrected chi connectivity index (χ0v) is 16.8. The Morgan fingerprint density at radius 2 is 1.52 bits per heavy atom. The van der Waals surface area contributed by atoms with Gasteiger partial charge in [-0.1, -0.05) is 49.7 Å². The molecule has 3 rings (SSSR count). The van der Waals surface area contributed by atoms with Crippen LogP contribution < -0.4 is 4.74 Å². The highest BCUT2D eigenvalue weighted by Gasteiger charge is 2.31. The molecule has 31 heavy (non-hydrogen) atoms. The maximum Gasteiger partial charge on any atom is 0.573 e. The first-order valence-corrected chi connectivity index (χ1v) is 9.80. The molecule has 2 nitrogen and oxygen atoms in total. The van der Waals surface area contributed by atoms with E-state index < -0.39 is 35.9 Å². The maximum absolute atomic E-state index is 15.2. The van der Waals surface area contributed by atoms with Gasteiger partial charge in [-0.2, -0.15) is 0 Å². The van der Waals surface area contributed by atoms with E-state index in [4.69, 9.17) is 0 Å². The van der Waals surface area contributed by atoms with E-state index in [0.29, 0.717) is 11.1 Å². The number of alkyl halides is 3. The Bertz CT molecular complexity index is 1030. The standard InChI is InChI=1S/C24H21F5O2/c1-2-3-4-15-5-7-17(8-6-15)22-19(13-21(25)20(14-30)23(22)26)16-9-11-18(12-10-16)31-24(27,28)29/h5-13,30H,2-4,14H2,1H3. The van der Waals surface area contributed by atoms with Gasteiger partial charge < -0.3 is 9.84 Å². The van der Waals surface area contributed by atoms with E-state index in [1.807, 2.05) is 12.1 Å². The normalized spacial score (nSPS) is 11.6. The van der Waals surface area contributed by atoms with Crippen molar-refractivity contribution in [2.45, 2.75) is 39.2 Å². The van der Waals surface area contributed by atoms with Crippen molar-refractivity contribution in [3.63, 3.8) is 0 Å². The molecule has 0 saturated carbocycles. The van der Waals surface area contributed by atoms with Crippen LogP contribution in [0.3, 0.4) is 0 Å². The van der Waals surface area contributed by atoms with Crippen LogP contribution in [0.25, 0.3) is 22.3 Å². The summed E-state index contributed by atoms with van der Waals surface area (Å²) in [6.45, 7) is 1.26. The van der Waals surface area contributed by atoms with Crippen LogP contribution in [0.2, 0.25) is 0 Å². The van der Waals surface area contributed by atoms with Crippen molar-refractivity contribution in [2.24, 2.45) is 0 Å². The van der Waals surface area contributed by atoms with Crippen LogP contribution in [0.15, 0.2) is 54.6 Å². The Labute approximate surface area is 176 Å². The Morgan fingerprint density at radius 1 is 0.903 bits per heavy atom. The molecule has 0 aliphatic rings. The van der Waals surface area contributed by atoms with Gasteiger partial charge in [-0.3, -0.25) is 0 Å². The molecular formula is C24H21F5O2. The first kappa shape index (κ1) is 22.7. The third kappa shape index (κ3) is 5.41. The van der Waals surface area contributed by atoms with E-state index in [-0.39, 0.29) is 11.1 Å². The summed E-state index contributed by atoms with van der Waals surface area (Å²) in [5.74, 6) is -2.28. The number of aliphatic hydroxyl groups is 1. The summed E-state index contributed by atoms with van der Waals surface area (Å²) in [5, 5.41) is 9.41. The molecule has 0 aliphatic carbocycles. The van der Waals surface area contributed by atoms with E-state index >= 15 is 4.39 Å². The van der Waals surface area contributed by atoms with E-state index in [1.165, 1.54) is 12.1 Å². The van der Waals surface area contributed by atoms with Gasteiger partial charge in [0.25, 0.3) is 0 Å². The molecule has 0 aromatic heterocycles. The number of halogens is 5. The number of ether oxygens (including phenoxy) is 1. The van der Waals surface area contributed by atoms with Crippen LogP contribution in [0.4, 0.5) is 22.0 Å². The average molecular weight is 436 g/mol. The second-order valence-electron chi connectivity index (χ2n) is 7.10. The molecule has 0 saturated heterocycles. The summed E-state index contributed by atoms with van der Waals surface area (Å²) < 4.78 is 70.7. The fourth-order valence-electron chi connectivity index (χ4n) is 3.37. The monoisotopic (exact) mass is 436 g/mol. The minimum Gasteiger partial charge on any atom is -0.406 e. The minimum absolute atomic E-state index is 0.0666. The number of benzene rings is 3. The molecule has 3 aromatic rings. The lowest BCUT2D eigenvalue weighted by molar-refractivity contribution is -0.274. The molecular weight excluding hydrogens is 415 g/mol. The number of hydrogen-bond acceptors (Lipinski definition) is 2. The lowest BCUT2D eigenvalue weighted by atomic mass is 9.91. The Kier molecular flexibility index (Phi) is 6.95. The van der Waals surface area contributed by atoms with E-state index in [9.17, 15) is 22.7 Å². The molecule has 0 amide bonds. The molecule has 0 fully saturated rings. The zero-order chi connectivity index (χ0) is 22.6. The highest BCUT2D eigenvalue weighted by molar-refractivity contribution is 5.84. The first-order chi connectivity index (χ1) is 14.7. The van der Waals surface area contributed by atoms with Crippen LogP contribution in [0.1, 0.15) is 30.9 Å². The van der Waals surface area contributed by atoms with Crippen molar-refractivity contribution in [3.05, 3.63) is 77.4 Å². The smallest absolute Gasteiger partial charge is 0.406 e. The Hall–Kier alpha value is -2.93. The van der Waals surface area contributed by atoms with Gasteiger partial charge in [0, 0.05) is 11.1 Å². The molecule has 0 bridgehead atoms. The summed E-state index contributed by atoms with van der Waals surface area (Å²) >= 11 is 0. The molecule has 0 radical (unpaired) electrons. The molecule has 1 N–H and O–H groups in total. The highest BCUT2D eigenvalue weighted by atomic mass is 19.4. The second-order valence-corrected chi connectivity index (χ2v) is 7.10. The fourth-order valence-corrected chi connectivity index (χ4v) is 3.37. The van der Waals surface area contributed by atoms with Crippen LogP contribution in [0.5, 0.6) is 5.75 Å². The third-order valence-electron chi connectivity index (χ3n) is 4.93. The van der Waals surface area contributed by atoms with Crippen molar-refractivity contribution < 1.29 is 31.8 Å². The van der Waals surface area contributed by atoms with Gasteiger partial charge in [-0.25, -0.2) is 8.78 Å². The maximum atomic E-state index is 15.2. The molecule has 0 aliphatic heterocycles. The van der Waals surface area contributed by atoms with Crippen molar-refractivity contribution in [1.82, 2.24) is 0 Å². The predicted octanol–water partition coefficient (Wildman–Crippen LogP) is 7.03. The van der Waals surface area contributed by atoms with Crippen LogP contribution in [-0.2, 0) is 13.0 Å². The van der Waals surface area contributed by atoms with E-state index in [0.717, 1.165) is 43.0 Å². The molecule has 0 heterocycles. The Balaban J connectivity index is 2.08. The van der Waals surface area contributed by atoms with Gasteiger partial charge >= 0.3 is 6.36 Å². The van der Waals surface area contributed by atoms with E-state index in [1.54, 1.807) is 12.1 Å². The average Bonchev–Trinajstić information content (AvgIpc) is 2.72. The zero-order valence-electron chi connectivity index (χ0n) is 16.8. The number of unbranched alkanes of at least 4 members (excludes halogenated alkanes) is 1. The lowest BCUT2D eigenvalue weighted by Gasteiger charge is -2.16. The van der Waals surface area contributed by atoms with Crippen LogP contribution in [-0.4, -0.2) is 11.5 Å². The molecule has 0 spiro atoms. The van der Waals surface area contributed by atoms with Gasteiger partial charge in [0.2, 0.25) is 0 Å². The third-order valence-corrected chi connectivity index (χ3v) is 4.93. The van der Waals surface area contributed by atoms with Crippen molar-refractivity contribution in [1.29, 1.82) is 0 Å². The van der Waals surface area contributed by atoms with Gasteiger partial charge in [-0.15, -0.1) is 13.2 Å². The van der Waals surface area contributed by atoms with Crippen molar-refractivity contribution in [2.75, 3.05) is 0 Å². The van der Waals surface area contributed by atoms with E-state index in [2.05, 4.69) is 11.7 Å². The van der Waals surface area contributed by atoms with Gasteiger partial charge in [0.15, 0.2) is 0 Å². The highest BCUT2D eigenvalue weighted by Crippen LogP contribution is 2.38. The summed E-state index contributed by atoms with van der Waals surface area (Å²) in [6, 6.07) is 13.0. The molecule has 0 atom stereocenters. The summed E-state index contributed by atoms with van der Waals surface area (Å²) in [6.07, 6.45) is -1.92. The first-order valence-electron chi connectivity index (χ1n) is 9.80. The number of aryl methyl sites for hydroxylation is 1. The second kappa shape index (κ2) is 9.47. The summed E-state index contributed by atoms with van der Waals surface area (Å²) in [7, 11) is 0. The lowest BCUT2D eigenvalue weighted by Crippen LogP contribution is -2.16. The Morgan fingerprint density at radius 3 is 2.06 bits per heavy atom. The topological polar surface area (TPSA) is 29.5 Å². The van der Waals surface area contributed by atoms with Gasteiger partial charge in [-0.05, 0) is 53.3 Å². The predicted molar refractivity (Wildman–Crippen MR) is 108 cm³/mol. The summed E-state index contributed by atoms with van der Waals surface area (Å²) in [5.41, 5.74) is 1.61. The fraction of sp³-hybridized carbons (Fsp3) is 0.250. The van der Waals surface area contributed by atoms with Crippen LogP contribution in [0, 0.1) is 11.6 Å². The number of aliphatic hydroxyl groups excluding tert-OH is 1. The largest absolute Gasteiger partial charge is 0.573 e. The number of hydrogen-bond donors (Lipinski definition) is 1. The van der Waals surface area contributed by atoms with Gasteiger partial charge in [0.05, 0.1) is 6.61 Å². The molecule has 7 heteroatoms. The molecule has 164 valence electrons. The summed E-state index contributed by atoms with van der Waals surface area (Å²) in [4.78, 5) is 0. The minimum atomic E-state index is -4.84.